The Morgan fingerprint density at radius 1 is 1.38 bits per heavy atom. The molecule has 1 heterocycles. The summed E-state index contributed by atoms with van der Waals surface area (Å²) in [6, 6.07) is 8.37. The lowest BCUT2D eigenvalue weighted by Gasteiger charge is -2.16. The standard InChI is InChI=1S/C14H21NO/c1-11(2)13-5-3-4-6-14(13)16-10-12-7-8-15-9-12/h3-6,11-12,15H,7-10H2,1-2H3/t12-/m1/s1. The minimum absolute atomic E-state index is 0.526. The highest BCUT2D eigenvalue weighted by molar-refractivity contribution is 5.35. The summed E-state index contributed by atoms with van der Waals surface area (Å²) in [4.78, 5) is 0. The zero-order valence-electron chi connectivity index (χ0n) is 10.2. The van der Waals surface area contributed by atoms with E-state index in [0.29, 0.717) is 11.8 Å². The van der Waals surface area contributed by atoms with E-state index in [1.807, 2.05) is 6.07 Å². The van der Waals surface area contributed by atoms with Crippen LogP contribution >= 0.6 is 0 Å². The van der Waals surface area contributed by atoms with Crippen molar-refractivity contribution in [3.8, 4) is 5.75 Å². The second kappa shape index (κ2) is 5.35. The van der Waals surface area contributed by atoms with Crippen molar-refractivity contribution in [2.45, 2.75) is 26.2 Å². The van der Waals surface area contributed by atoms with E-state index in [4.69, 9.17) is 4.74 Å². The van der Waals surface area contributed by atoms with Crippen molar-refractivity contribution in [2.75, 3.05) is 19.7 Å². The van der Waals surface area contributed by atoms with E-state index in [-0.39, 0.29) is 0 Å². The maximum Gasteiger partial charge on any atom is 0.122 e. The highest BCUT2D eigenvalue weighted by Gasteiger charge is 2.16. The SMILES string of the molecule is CC(C)c1ccccc1OC[C@@H]1CCNC1. The van der Waals surface area contributed by atoms with Crippen LogP contribution in [0.15, 0.2) is 24.3 Å². The molecule has 1 atom stereocenters. The largest absolute Gasteiger partial charge is 0.493 e. The average molecular weight is 219 g/mol. The van der Waals surface area contributed by atoms with Gasteiger partial charge in [0.15, 0.2) is 0 Å². The molecule has 0 amide bonds. The third kappa shape index (κ3) is 2.76. The minimum atomic E-state index is 0.526. The smallest absolute Gasteiger partial charge is 0.122 e. The summed E-state index contributed by atoms with van der Waals surface area (Å²) >= 11 is 0. The van der Waals surface area contributed by atoms with Crippen molar-refractivity contribution in [2.24, 2.45) is 5.92 Å². The lowest BCUT2D eigenvalue weighted by Crippen LogP contribution is -2.16. The molecule has 0 unspecified atom stereocenters. The Labute approximate surface area is 98.0 Å². The molecule has 1 fully saturated rings. The summed E-state index contributed by atoms with van der Waals surface area (Å²) in [5, 5.41) is 3.37. The molecule has 0 bridgehead atoms. The van der Waals surface area contributed by atoms with Gasteiger partial charge in [0, 0.05) is 12.5 Å². The van der Waals surface area contributed by atoms with Crippen LogP contribution in [-0.4, -0.2) is 19.7 Å². The Morgan fingerprint density at radius 2 is 2.19 bits per heavy atom. The van der Waals surface area contributed by atoms with Gasteiger partial charge in [0.25, 0.3) is 0 Å². The van der Waals surface area contributed by atoms with Gasteiger partial charge in [-0.25, -0.2) is 0 Å². The Bertz CT molecular complexity index is 329. The maximum atomic E-state index is 5.94. The fourth-order valence-electron chi connectivity index (χ4n) is 2.15. The molecule has 2 nitrogen and oxygen atoms in total. The molecular weight excluding hydrogens is 198 g/mol. The summed E-state index contributed by atoms with van der Waals surface area (Å²) in [5.74, 6) is 2.27. The van der Waals surface area contributed by atoms with Gasteiger partial charge < -0.3 is 10.1 Å². The van der Waals surface area contributed by atoms with Crippen molar-refractivity contribution >= 4 is 0 Å². The Kier molecular flexibility index (Phi) is 3.83. The van der Waals surface area contributed by atoms with Gasteiger partial charge in [0.05, 0.1) is 6.61 Å². The molecule has 1 aliphatic rings. The molecule has 0 aromatic heterocycles. The lowest BCUT2D eigenvalue weighted by molar-refractivity contribution is 0.257. The van der Waals surface area contributed by atoms with Crippen LogP contribution in [0.1, 0.15) is 31.7 Å². The van der Waals surface area contributed by atoms with E-state index in [0.717, 1.165) is 25.4 Å². The van der Waals surface area contributed by atoms with Gasteiger partial charge in [-0.15, -0.1) is 0 Å². The number of ether oxygens (including phenoxy) is 1. The molecule has 1 aromatic carbocycles. The predicted molar refractivity (Wildman–Crippen MR) is 67.0 cm³/mol. The molecule has 88 valence electrons. The number of rotatable bonds is 4. The molecule has 2 rings (SSSR count). The second-order valence-corrected chi connectivity index (χ2v) is 4.86. The molecule has 0 saturated carbocycles. The summed E-state index contributed by atoms with van der Waals surface area (Å²) in [6.07, 6.45) is 1.24. The van der Waals surface area contributed by atoms with E-state index in [1.165, 1.54) is 12.0 Å². The van der Waals surface area contributed by atoms with E-state index in [1.54, 1.807) is 0 Å². The first-order valence-corrected chi connectivity index (χ1v) is 6.20. The Hall–Kier alpha value is -1.02. The molecular formula is C14H21NO. The van der Waals surface area contributed by atoms with Crippen LogP contribution in [0.4, 0.5) is 0 Å². The van der Waals surface area contributed by atoms with Gasteiger partial charge >= 0.3 is 0 Å². The van der Waals surface area contributed by atoms with Crippen LogP contribution in [0.25, 0.3) is 0 Å². The van der Waals surface area contributed by atoms with Crippen LogP contribution in [0.2, 0.25) is 0 Å². The zero-order chi connectivity index (χ0) is 11.4. The number of hydrogen-bond donors (Lipinski definition) is 1. The van der Waals surface area contributed by atoms with Gasteiger partial charge in [-0.3, -0.25) is 0 Å². The minimum Gasteiger partial charge on any atom is -0.493 e. The van der Waals surface area contributed by atoms with Gasteiger partial charge in [-0.2, -0.15) is 0 Å². The van der Waals surface area contributed by atoms with Gasteiger partial charge in [0.2, 0.25) is 0 Å². The normalized spacial score (nSPS) is 20.3. The first-order valence-electron chi connectivity index (χ1n) is 6.20. The third-order valence-electron chi connectivity index (χ3n) is 3.18. The number of hydrogen-bond acceptors (Lipinski definition) is 2. The summed E-state index contributed by atoms with van der Waals surface area (Å²) in [7, 11) is 0. The van der Waals surface area contributed by atoms with Crippen molar-refractivity contribution in [1.29, 1.82) is 0 Å². The monoisotopic (exact) mass is 219 g/mol. The highest BCUT2D eigenvalue weighted by atomic mass is 16.5. The second-order valence-electron chi connectivity index (χ2n) is 4.86. The lowest BCUT2D eigenvalue weighted by atomic mass is 10.0. The van der Waals surface area contributed by atoms with Crippen LogP contribution in [0.5, 0.6) is 5.75 Å². The Morgan fingerprint density at radius 3 is 2.88 bits per heavy atom. The van der Waals surface area contributed by atoms with Gasteiger partial charge in [-0.05, 0) is 30.5 Å². The van der Waals surface area contributed by atoms with Gasteiger partial charge in [-0.1, -0.05) is 32.0 Å². The molecule has 16 heavy (non-hydrogen) atoms. The summed E-state index contributed by atoms with van der Waals surface area (Å²) < 4.78 is 5.94. The molecule has 2 heteroatoms. The molecule has 0 spiro atoms. The fourth-order valence-corrected chi connectivity index (χ4v) is 2.15. The molecule has 0 radical (unpaired) electrons. The van der Waals surface area contributed by atoms with Crippen LogP contribution in [0.3, 0.4) is 0 Å². The van der Waals surface area contributed by atoms with E-state index >= 15 is 0 Å². The van der Waals surface area contributed by atoms with E-state index < -0.39 is 0 Å². The number of para-hydroxylation sites is 1. The maximum absolute atomic E-state index is 5.94. The first kappa shape index (κ1) is 11.5. The van der Waals surface area contributed by atoms with Crippen LogP contribution in [-0.2, 0) is 0 Å². The topological polar surface area (TPSA) is 21.3 Å². The predicted octanol–water partition coefficient (Wildman–Crippen LogP) is 2.80. The first-order chi connectivity index (χ1) is 7.77. The van der Waals surface area contributed by atoms with E-state index in [9.17, 15) is 0 Å². The number of benzene rings is 1. The van der Waals surface area contributed by atoms with Crippen molar-refractivity contribution in [3.05, 3.63) is 29.8 Å². The van der Waals surface area contributed by atoms with Gasteiger partial charge in [0.1, 0.15) is 5.75 Å². The Balaban J connectivity index is 1.97. The molecule has 1 aromatic rings. The molecule has 1 N–H and O–H groups in total. The van der Waals surface area contributed by atoms with Crippen LogP contribution in [0, 0.1) is 5.92 Å². The number of nitrogens with one attached hydrogen (secondary N) is 1. The zero-order valence-corrected chi connectivity index (χ0v) is 10.2. The quantitative estimate of drug-likeness (QED) is 0.840. The van der Waals surface area contributed by atoms with E-state index in [2.05, 4.69) is 37.4 Å². The summed E-state index contributed by atoms with van der Waals surface area (Å²) in [5.41, 5.74) is 1.31. The van der Waals surface area contributed by atoms with Crippen molar-refractivity contribution < 1.29 is 4.74 Å². The van der Waals surface area contributed by atoms with Crippen molar-refractivity contribution in [3.63, 3.8) is 0 Å². The molecule has 0 aliphatic carbocycles. The average Bonchev–Trinajstić information content (AvgIpc) is 2.79. The molecule has 1 saturated heterocycles. The fraction of sp³-hybridized carbons (Fsp3) is 0.571. The summed E-state index contributed by atoms with van der Waals surface area (Å²) in [6.45, 7) is 7.50. The third-order valence-corrected chi connectivity index (χ3v) is 3.18. The van der Waals surface area contributed by atoms with Crippen LogP contribution < -0.4 is 10.1 Å². The highest BCUT2D eigenvalue weighted by Crippen LogP contribution is 2.26. The molecule has 1 aliphatic heterocycles. The van der Waals surface area contributed by atoms with Crippen molar-refractivity contribution in [1.82, 2.24) is 5.32 Å².